The highest BCUT2D eigenvalue weighted by atomic mass is 32.2. The third-order valence-corrected chi connectivity index (χ3v) is 3.95. The van der Waals surface area contributed by atoms with Crippen LogP contribution in [0.1, 0.15) is 26.3 Å². The van der Waals surface area contributed by atoms with E-state index in [9.17, 15) is 12.8 Å². The fourth-order valence-electron chi connectivity index (χ4n) is 1.54. The summed E-state index contributed by atoms with van der Waals surface area (Å²) in [5.41, 5.74) is 4.85. The summed E-state index contributed by atoms with van der Waals surface area (Å²) < 4.78 is 39.6. The predicted octanol–water partition coefficient (Wildman–Crippen LogP) is 1.90. The molecule has 0 saturated carbocycles. The van der Waals surface area contributed by atoms with Crippen molar-refractivity contribution in [3.05, 3.63) is 29.6 Å². The third-order valence-electron chi connectivity index (χ3n) is 2.17. The number of benzene rings is 1. The molecule has 19 heavy (non-hydrogen) atoms. The number of nitrogens with two attached hydrogens (primary N) is 1. The summed E-state index contributed by atoms with van der Waals surface area (Å²) in [5.74, 6) is -1.15. The van der Waals surface area contributed by atoms with Crippen molar-refractivity contribution in [2.75, 3.05) is 10.5 Å². The van der Waals surface area contributed by atoms with Gasteiger partial charge in [0.25, 0.3) is 0 Å². The first-order chi connectivity index (χ1) is 8.50. The van der Waals surface area contributed by atoms with E-state index in [2.05, 4.69) is 4.72 Å². The smallest absolute Gasteiger partial charge is 0.233 e. The Balaban J connectivity index is 2.98. The SMILES string of the molecule is CC(C)(C)CS(=O)(=O)Nc1ccc(C(=N)N)cc1F. The van der Waals surface area contributed by atoms with Crippen molar-refractivity contribution in [2.45, 2.75) is 20.8 Å². The number of rotatable bonds is 4. The molecule has 0 aliphatic rings. The minimum Gasteiger partial charge on any atom is -0.384 e. The molecule has 0 aliphatic heterocycles. The van der Waals surface area contributed by atoms with Crippen LogP contribution in [-0.4, -0.2) is 20.0 Å². The number of hydrogen-bond acceptors (Lipinski definition) is 3. The Bertz CT molecular complexity index is 591. The molecular weight excluding hydrogens is 269 g/mol. The normalized spacial score (nSPS) is 12.2. The lowest BCUT2D eigenvalue weighted by Crippen LogP contribution is -2.26. The molecule has 0 radical (unpaired) electrons. The van der Waals surface area contributed by atoms with Crippen LogP contribution in [0.15, 0.2) is 18.2 Å². The Morgan fingerprint density at radius 3 is 2.42 bits per heavy atom. The number of sulfonamides is 1. The van der Waals surface area contributed by atoms with Crippen molar-refractivity contribution in [3.8, 4) is 0 Å². The Hall–Kier alpha value is -1.63. The molecule has 0 bridgehead atoms. The van der Waals surface area contributed by atoms with E-state index in [1.54, 1.807) is 20.8 Å². The van der Waals surface area contributed by atoms with Gasteiger partial charge in [0.05, 0.1) is 11.4 Å². The summed E-state index contributed by atoms with van der Waals surface area (Å²) in [4.78, 5) is 0. The molecule has 4 N–H and O–H groups in total. The Labute approximate surface area is 112 Å². The van der Waals surface area contributed by atoms with Crippen molar-refractivity contribution >= 4 is 21.5 Å². The Morgan fingerprint density at radius 2 is 2.00 bits per heavy atom. The van der Waals surface area contributed by atoms with Crippen LogP contribution in [0.5, 0.6) is 0 Å². The molecule has 1 rings (SSSR count). The maximum atomic E-state index is 13.7. The van der Waals surface area contributed by atoms with E-state index in [0.29, 0.717) is 0 Å². The van der Waals surface area contributed by atoms with Crippen LogP contribution in [0.2, 0.25) is 0 Å². The average Bonchev–Trinajstić information content (AvgIpc) is 2.16. The van der Waals surface area contributed by atoms with Crippen molar-refractivity contribution < 1.29 is 12.8 Å². The standard InChI is InChI=1S/C12H18FN3O2S/c1-12(2,3)7-19(17,18)16-10-5-4-8(11(14)15)6-9(10)13/h4-6,16H,7H2,1-3H3,(H3,14,15). The van der Waals surface area contributed by atoms with Gasteiger partial charge in [0.1, 0.15) is 11.7 Å². The van der Waals surface area contributed by atoms with Gasteiger partial charge in [0.15, 0.2) is 0 Å². The first-order valence-corrected chi connectivity index (χ1v) is 7.30. The highest BCUT2D eigenvalue weighted by Crippen LogP contribution is 2.21. The predicted molar refractivity (Wildman–Crippen MR) is 74.3 cm³/mol. The Kier molecular flexibility index (Phi) is 4.19. The van der Waals surface area contributed by atoms with Crippen LogP contribution in [0.25, 0.3) is 0 Å². The number of halogens is 1. The van der Waals surface area contributed by atoms with E-state index in [-0.39, 0.29) is 22.8 Å². The van der Waals surface area contributed by atoms with Gasteiger partial charge < -0.3 is 5.73 Å². The topological polar surface area (TPSA) is 96.0 Å². The molecule has 0 spiro atoms. The summed E-state index contributed by atoms with van der Waals surface area (Å²) in [5, 5.41) is 7.17. The average molecular weight is 287 g/mol. The summed E-state index contributed by atoms with van der Waals surface area (Å²) in [6.45, 7) is 5.34. The van der Waals surface area contributed by atoms with E-state index in [1.807, 2.05) is 0 Å². The number of amidine groups is 1. The zero-order chi connectivity index (χ0) is 14.8. The second kappa shape index (κ2) is 5.16. The molecule has 0 amide bonds. The number of hydrogen-bond donors (Lipinski definition) is 3. The largest absolute Gasteiger partial charge is 0.384 e. The van der Waals surface area contributed by atoms with Gasteiger partial charge in [-0.25, -0.2) is 12.8 Å². The lowest BCUT2D eigenvalue weighted by molar-refractivity contribution is 0.463. The molecule has 0 atom stereocenters. The maximum absolute atomic E-state index is 13.7. The van der Waals surface area contributed by atoms with Crippen molar-refractivity contribution in [3.63, 3.8) is 0 Å². The van der Waals surface area contributed by atoms with Gasteiger partial charge in [-0.15, -0.1) is 0 Å². The monoisotopic (exact) mass is 287 g/mol. The molecule has 0 fully saturated rings. The zero-order valence-electron chi connectivity index (χ0n) is 11.1. The minimum absolute atomic E-state index is 0.117. The maximum Gasteiger partial charge on any atom is 0.233 e. The van der Waals surface area contributed by atoms with E-state index in [0.717, 1.165) is 6.07 Å². The van der Waals surface area contributed by atoms with E-state index in [1.165, 1.54) is 12.1 Å². The van der Waals surface area contributed by atoms with Gasteiger partial charge in [-0.1, -0.05) is 20.8 Å². The summed E-state index contributed by atoms with van der Waals surface area (Å²) in [6, 6.07) is 3.67. The van der Waals surface area contributed by atoms with Gasteiger partial charge in [-0.2, -0.15) is 0 Å². The molecule has 0 saturated heterocycles. The number of anilines is 1. The molecule has 0 aromatic heterocycles. The number of nitrogen functional groups attached to an aromatic ring is 1. The second-order valence-electron chi connectivity index (χ2n) is 5.53. The molecule has 1 aromatic carbocycles. The molecule has 0 aliphatic carbocycles. The molecule has 7 heteroatoms. The summed E-state index contributed by atoms with van der Waals surface area (Å²) in [6.07, 6.45) is 0. The first-order valence-electron chi connectivity index (χ1n) is 5.65. The van der Waals surface area contributed by atoms with Crippen molar-refractivity contribution in [1.82, 2.24) is 0 Å². The van der Waals surface area contributed by atoms with Gasteiger partial charge in [-0.05, 0) is 23.6 Å². The van der Waals surface area contributed by atoms with Crippen LogP contribution in [0.3, 0.4) is 0 Å². The first kappa shape index (κ1) is 15.4. The summed E-state index contributed by atoms with van der Waals surface area (Å²) >= 11 is 0. The molecule has 106 valence electrons. The number of nitrogens with one attached hydrogen (secondary N) is 2. The molecular formula is C12H18FN3O2S. The van der Waals surface area contributed by atoms with Crippen molar-refractivity contribution in [2.24, 2.45) is 11.1 Å². The molecule has 0 unspecified atom stereocenters. The summed E-state index contributed by atoms with van der Waals surface area (Å²) in [7, 11) is -3.62. The van der Waals surface area contributed by atoms with Gasteiger partial charge >= 0.3 is 0 Å². The minimum atomic E-state index is -3.62. The third kappa shape index (κ3) is 4.86. The quantitative estimate of drug-likeness (QED) is 0.583. The second-order valence-corrected chi connectivity index (χ2v) is 7.25. The van der Waals surface area contributed by atoms with Crippen LogP contribution < -0.4 is 10.5 Å². The van der Waals surface area contributed by atoms with Gasteiger partial charge in [0, 0.05) is 5.56 Å². The van der Waals surface area contributed by atoms with Crippen LogP contribution in [0, 0.1) is 16.6 Å². The van der Waals surface area contributed by atoms with Gasteiger partial charge in [0.2, 0.25) is 10.0 Å². The van der Waals surface area contributed by atoms with Crippen LogP contribution in [-0.2, 0) is 10.0 Å². The molecule has 5 nitrogen and oxygen atoms in total. The highest BCUT2D eigenvalue weighted by molar-refractivity contribution is 7.92. The molecule has 1 aromatic rings. The van der Waals surface area contributed by atoms with E-state index >= 15 is 0 Å². The van der Waals surface area contributed by atoms with Crippen LogP contribution in [0.4, 0.5) is 10.1 Å². The fourth-order valence-corrected chi connectivity index (χ4v) is 3.25. The zero-order valence-corrected chi connectivity index (χ0v) is 11.9. The van der Waals surface area contributed by atoms with E-state index in [4.69, 9.17) is 11.1 Å². The van der Waals surface area contributed by atoms with E-state index < -0.39 is 21.3 Å². The van der Waals surface area contributed by atoms with Crippen molar-refractivity contribution in [1.29, 1.82) is 5.41 Å². The Morgan fingerprint density at radius 1 is 1.42 bits per heavy atom. The lowest BCUT2D eigenvalue weighted by Gasteiger charge is -2.19. The highest BCUT2D eigenvalue weighted by Gasteiger charge is 2.22. The van der Waals surface area contributed by atoms with Gasteiger partial charge in [-0.3, -0.25) is 10.1 Å². The fraction of sp³-hybridized carbons (Fsp3) is 0.417. The lowest BCUT2D eigenvalue weighted by atomic mass is 10.0. The molecule has 0 heterocycles. The van der Waals surface area contributed by atoms with Crippen LogP contribution >= 0.6 is 0 Å².